The molecule has 0 saturated heterocycles. The van der Waals surface area contributed by atoms with Crippen molar-refractivity contribution in [2.24, 2.45) is 0 Å². The van der Waals surface area contributed by atoms with Gasteiger partial charge in [0.25, 0.3) is 0 Å². The predicted molar refractivity (Wildman–Crippen MR) is 116 cm³/mol. The van der Waals surface area contributed by atoms with E-state index in [9.17, 15) is 9.18 Å². The second-order valence-corrected chi connectivity index (χ2v) is 6.97. The Morgan fingerprint density at radius 2 is 1.38 bits per heavy atom. The van der Waals surface area contributed by atoms with Gasteiger partial charge in [-0.25, -0.2) is 4.39 Å². The first-order chi connectivity index (χ1) is 14.1. The molecule has 0 radical (unpaired) electrons. The summed E-state index contributed by atoms with van der Waals surface area (Å²) in [4.78, 5) is 12.5. The average Bonchev–Trinajstić information content (AvgIpc) is 2.77. The van der Waals surface area contributed by atoms with Crippen LogP contribution in [-0.2, 0) is 11.3 Å². The van der Waals surface area contributed by atoms with E-state index in [1.807, 2.05) is 60.7 Å². The summed E-state index contributed by atoms with van der Waals surface area (Å²) in [6.07, 6.45) is 0.279. The molecule has 0 atom stereocenters. The quantitative estimate of drug-likeness (QED) is 0.426. The van der Waals surface area contributed by atoms with Gasteiger partial charge in [0.05, 0.1) is 0 Å². The lowest BCUT2D eigenvalue weighted by Gasteiger charge is -2.18. The fraction of sp³-hybridized carbons (Fsp3) is 0.130. The minimum Gasteiger partial charge on any atom is -0.357 e. The summed E-state index contributed by atoms with van der Waals surface area (Å²) in [5.74, 6) is -0.512. The van der Waals surface area contributed by atoms with Crippen molar-refractivity contribution in [2.45, 2.75) is 18.9 Å². The standard InChI is InChI=1S/C23H22FN3OS/c24-20-13-11-17(12-14-20)16-25-23(29)27-26-22(28)15-21(18-7-3-1-4-8-18)19-9-5-2-6-10-19/h1-14,21H,15-16H2,(H,26,28)(H2,25,27,29). The molecule has 0 aromatic heterocycles. The van der Waals surface area contributed by atoms with E-state index in [1.165, 1.54) is 12.1 Å². The third kappa shape index (κ3) is 6.40. The van der Waals surface area contributed by atoms with E-state index in [4.69, 9.17) is 12.2 Å². The molecule has 1 amide bonds. The minimum absolute atomic E-state index is 0.0556. The largest absolute Gasteiger partial charge is 0.357 e. The van der Waals surface area contributed by atoms with Crippen LogP contribution in [0.3, 0.4) is 0 Å². The number of carbonyl (C=O) groups excluding carboxylic acids is 1. The molecular weight excluding hydrogens is 385 g/mol. The number of hydrazine groups is 1. The SMILES string of the molecule is O=C(CC(c1ccccc1)c1ccccc1)NNC(=S)NCc1ccc(F)cc1. The molecule has 0 aliphatic heterocycles. The molecule has 0 saturated carbocycles. The first-order valence-corrected chi connectivity index (χ1v) is 9.69. The lowest BCUT2D eigenvalue weighted by molar-refractivity contribution is -0.121. The molecule has 29 heavy (non-hydrogen) atoms. The molecule has 0 bridgehead atoms. The van der Waals surface area contributed by atoms with E-state index < -0.39 is 0 Å². The lowest BCUT2D eigenvalue weighted by Crippen LogP contribution is -2.46. The number of nitrogens with one attached hydrogen (secondary N) is 3. The topological polar surface area (TPSA) is 53.2 Å². The van der Waals surface area contributed by atoms with Gasteiger partial charge in [-0.1, -0.05) is 72.8 Å². The van der Waals surface area contributed by atoms with Gasteiger partial charge in [-0.15, -0.1) is 0 Å². The van der Waals surface area contributed by atoms with Crippen molar-refractivity contribution in [3.63, 3.8) is 0 Å². The van der Waals surface area contributed by atoms with Gasteiger partial charge >= 0.3 is 0 Å². The van der Waals surface area contributed by atoms with Crippen molar-refractivity contribution in [2.75, 3.05) is 0 Å². The Kier molecular flexibility index (Phi) is 7.30. The second kappa shape index (κ2) is 10.3. The summed E-state index contributed by atoms with van der Waals surface area (Å²) >= 11 is 5.19. The molecule has 0 unspecified atom stereocenters. The molecule has 6 heteroatoms. The van der Waals surface area contributed by atoms with Gasteiger partial charge in [-0.3, -0.25) is 15.6 Å². The third-order valence-electron chi connectivity index (χ3n) is 4.48. The molecule has 4 nitrogen and oxygen atoms in total. The minimum atomic E-state index is -0.284. The van der Waals surface area contributed by atoms with Crippen LogP contribution in [0.5, 0.6) is 0 Å². The van der Waals surface area contributed by atoms with Crippen molar-refractivity contribution >= 4 is 23.2 Å². The Balaban J connectivity index is 1.53. The maximum atomic E-state index is 12.9. The van der Waals surface area contributed by atoms with Crippen molar-refractivity contribution < 1.29 is 9.18 Å². The predicted octanol–water partition coefficient (Wildman–Crippen LogP) is 4.04. The lowest BCUT2D eigenvalue weighted by atomic mass is 9.88. The van der Waals surface area contributed by atoms with Crippen LogP contribution in [0.1, 0.15) is 29.0 Å². The van der Waals surface area contributed by atoms with E-state index in [0.29, 0.717) is 11.7 Å². The number of amides is 1. The highest BCUT2D eigenvalue weighted by Gasteiger charge is 2.18. The Hall–Kier alpha value is -3.25. The Labute approximate surface area is 175 Å². The summed E-state index contributed by atoms with van der Waals surface area (Å²) in [6, 6.07) is 26.0. The molecule has 0 aliphatic rings. The molecule has 0 heterocycles. The van der Waals surface area contributed by atoms with Crippen LogP contribution in [0.4, 0.5) is 4.39 Å². The number of benzene rings is 3. The van der Waals surface area contributed by atoms with Crippen LogP contribution in [0.2, 0.25) is 0 Å². The van der Waals surface area contributed by atoms with Gasteiger partial charge in [0.15, 0.2) is 5.11 Å². The highest BCUT2D eigenvalue weighted by atomic mass is 32.1. The van der Waals surface area contributed by atoms with Crippen LogP contribution in [0, 0.1) is 5.82 Å². The average molecular weight is 408 g/mol. The van der Waals surface area contributed by atoms with Crippen molar-refractivity contribution in [3.05, 3.63) is 107 Å². The van der Waals surface area contributed by atoms with Crippen molar-refractivity contribution in [1.29, 1.82) is 0 Å². The van der Waals surface area contributed by atoms with E-state index in [1.54, 1.807) is 12.1 Å². The zero-order valence-electron chi connectivity index (χ0n) is 15.8. The highest BCUT2D eigenvalue weighted by Crippen LogP contribution is 2.27. The first kappa shape index (κ1) is 20.5. The Bertz CT molecular complexity index is 894. The number of carbonyl (C=O) groups is 1. The normalized spacial score (nSPS) is 10.4. The fourth-order valence-corrected chi connectivity index (χ4v) is 3.11. The number of rotatable bonds is 6. The molecular formula is C23H22FN3OS. The monoisotopic (exact) mass is 407 g/mol. The van der Waals surface area contributed by atoms with Crippen LogP contribution in [0.15, 0.2) is 84.9 Å². The van der Waals surface area contributed by atoms with E-state index in [2.05, 4.69) is 16.2 Å². The highest BCUT2D eigenvalue weighted by molar-refractivity contribution is 7.80. The zero-order chi connectivity index (χ0) is 20.5. The van der Waals surface area contributed by atoms with Crippen molar-refractivity contribution in [1.82, 2.24) is 16.2 Å². The van der Waals surface area contributed by atoms with Gasteiger partial charge in [0.1, 0.15) is 5.82 Å². The van der Waals surface area contributed by atoms with Gasteiger partial charge in [-0.05, 0) is 41.0 Å². The Morgan fingerprint density at radius 1 is 0.828 bits per heavy atom. The molecule has 148 valence electrons. The number of hydrogen-bond donors (Lipinski definition) is 3. The molecule has 3 N–H and O–H groups in total. The van der Waals surface area contributed by atoms with Crippen LogP contribution >= 0.6 is 12.2 Å². The van der Waals surface area contributed by atoms with Crippen LogP contribution in [-0.4, -0.2) is 11.0 Å². The molecule has 0 fully saturated rings. The zero-order valence-corrected chi connectivity index (χ0v) is 16.6. The fourth-order valence-electron chi connectivity index (χ4n) is 2.99. The molecule has 3 aromatic carbocycles. The van der Waals surface area contributed by atoms with E-state index in [0.717, 1.165) is 16.7 Å². The summed E-state index contributed by atoms with van der Waals surface area (Å²) < 4.78 is 12.9. The summed E-state index contributed by atoms with van der Waals surface area (Å²) in [5.41, 5.74) is 8.40. The van der Waals surface area contributed by atoms with Gasteiger partial charge in [0.2, 0.25) is 5.91 Å². The summed E-state index contributed by atoms with van der Waals surface area (Å²) in [5, 5.41) is 3.26. The summed E-state index contributed by atoms with van der Waals surface area (Å²) in [7, 11) is 0. The Morgan fingerprint density at radius 3 is 1.93 bits per heavy atom. The van der Waals surface area contributed by atoms with Crippen LogP contribution < -0.4 is 16.2 Å². The first-order valence-electron chi connectivity index (χ1n) is 9.29. The molecule has 0 aliphatic carbocycles. The molecule has 3 rings (SSSR count). The summed E-state index contributed by atoms with van der Waals surface area (Å²) in [6.45, 7) is 0.429. The van der Waals surface area contributed by atoms with Gasteiger partial charge < -0.3 is 5.32 Å². The smallest absolute Gasteiger partial charge is 0.239 e. The maximum absolute atomic E-state index is 12.9. The number of thiocarbonyl (C=S) groups is 1. The third-order valence-corrected chi connectivity index (χ3v) is 4.72. The van der Waals surface area contributed by atoms with Gasteiger partial charge in [-0.2, -0.15) is 0 Å². The molecule has 0 spiro atoms. The maximum Gasteiger partial charge on any atom is 0.239 e. The van der Waals surface area contributed by atoms with E-state index in [-0.39, 0.29) is 24.1 Å². The number of halogens is 1. The van der Waals surface area contributed by atoms with E-state index >= 15 is 0 Å². The molecule has 3 aromatic rings. The van der Waals surface area contributed by atoms with Crippen molar-refractivity contribution in [3.8, 4) is 0 Å². The van der Waals surface area contributed by atoms with Gasteiger partial charge in [0, 0.05) is 18.9 Å². The second-order valence-electron chi connectivity index (χ2n) is 6.56. The van der Waals surface area contributed by atoms with Crippen LogP contribution in [0.25, 0.3) is 0 Å². The number of hydrogen-bond acceptors (Lipinski definition) is 2.